The molecule has 0 spiro atoms. The normalized spacial score (nSPS) is 10.4. The SMILES string of the molecule is CCc1ccccc1Cc1ccco1. The Labute approximate surface area is 84.4 Å². The predicted octanol–water partition coefficient (Wildman–Crippen LogP) is 3.43. The summed E-state index contributed by atoms with van der Waals surface area (Å²) < 4.78 is 5.34. The average Bonchev–Trinajstić information content (AvgIpc) is 2.71. The number of benzene rings is 1. The minimum Gasteiger partial charge on any atom is -0.469 e. The average molecular weight is 186 g/mol. The van der Waals surface area contributed by atoms with Crippen molar-refractivity contribution in [1.82, 2.24) is 0 Å². The summed E-state index contributed by atoms with van der Waals surface area (Å²) in [5, 5.41) is 0. The van der Waals surface area contributed by atoms with E-state index in [1.165, 1.54) is 11.1 Å². The van der Waals surface area contributed by atoms with Gasteiger partial charge in [-0.1, -0.05) is 31.2 Å². The predicted molar refractivity (Wildman–Crippen MR) is 57.3 cm³/mol. The summed E-state index contributed by atoms with van der Waals surface area (Å²) in [7, 11) is 0. The molecule has 0 saturated heterocycles. The van der Waals surface area contributed by atoms with Crippen molar-refractivity contribution in [2.75, 3.05) is 0 Å². The maximum absolute atomic E-state index is 5.34. The zero-order chi connectivity index (χ0) is 9.80. The van der Waals surface area contributed by atoms with Crippen molar-refractivity contribution in [3.05, 3.63) is 59.5 Å². The molecule has 1 heterocycles. The Bertz CT molecular complexity index is 387. The highest BCUT2D eigenvalue weighted by Crippen LogP contribution is 2.14. The summed E-state index contributed by atoms with van der Waals surface area (Å²) in [4.78, 5) is 0. The number of furan rings is 1. The molecule has 0 bridgehead atoms. The smallest absolute Gasteiger partial charge is 0.108 e. The Hall–Kier alpha value is -1.50. The summed E-state index contributed by atoms with van der Waals surface area (Å²) in [6.07, 6.45) is 3.71. The summed E-state index contributed by atoms with van der Waals surface area (Å²) in [6.45, 7) is 2.18. The minimum atomic E-state index is 0.900. The first-order valence-electron chi connectivity index (χ1n) is 4.99. The first-order valence-corrected chi connectivity index (χ1v) is 4.99. The van der Waals surface area contributed by atoms with Gasteiger partial charge in [-0.25, -0.2) is 0 Å². The van der Waals surface area contributed by atoms with Gasteiger partial charge in [-0.3, -0.25) is 0 Å². The van der Waals surface area contributed by atoms with Crippen molar-refractivity contribution in [2.24, 2.45) is 0 Å². The number of hydrogen-bond donors (Lipinski definition) is 0. The molecule has 1 aromatic carbocycles. The lowest BCUT2D eigenvalue weighted by Crippen LogP contribution is -1.92. The van der Waals surface area contributed by atoms with Crippen LogP contribution in [0.5, 0.6) is 0 Å². The summed E-state index contributed by atoms with van der Waals surface area (Å²) in [5.74, 6) is 1.03. The van der Waals surface area contributed by atoms with E-state index in [2.05, 4.69) is 31.2 Å². The van der Waals surface area contributed by atoms with Crippen molar-refractivity contribution in [1.29, 1.82) is 0 Å². The summed E-state index contributed by atoms with van der Waals surface area (Å²) in [5.41, 5.74) is 2.77. The van der Waals surface area contributed by atoms with E-state index in [-0.39, 0.29) is 0 Å². The van der Waals surface area contributed by atoms with Crippen LogP contribution >= 0.6 is 0 Å². The zero-order valence-electron chi connectivity index (χ0n) is 8.36. The van der Waals surface area contributed by atoms with Gasteiger partial charge in [-0.05, 0) is 29.7 Å². The van der Waals surface area contributed by atoms with E-state index in [9.17, 15) is 0 Å². The van der Waals surface area contributed by atoms with Gasteiger partial charge in [0.2, 0.25) is 0 Å². The molecule has 0 atom stereocenters. The van der Waals surface area contributed by atoms with Crippen molar-refractivity contribution >= 4 is 0 Å². The van der Waals surface area contributed by atoms with Crippen LogP contribution in [-0.4, -0.2) is 0 Å². The van der Waals surface area contributed by atoms with E-state index in [0.29, 0.717) is 0 Å². The molecule has 0 radical (unpaired) electrons. The molecule has 72 valence electrons. The van der Waals surface area contributed by atoms with E-state index in [4.69, 9.17) is 4.42 Å². The Morgan fingerprint density at radius 2 is 1.79 bits per heavy atom. The van der Waals surface area contributed by atoms with Crippen molar-refractivity contribution < 1.29 is 4.42 Å². The lowest BCUT2D eigenvalue weighted by atomic mass is 10.0. The maximum atomic E-state index is 5.34. The van der Waals surface area contributed by atoms with Gasteiger partial charge in [-0.15, -0.1) is 0 Å². The molecule has 1 aromatic heterocycles. The quantitative estimate of drug-likeness (QED) is 0.715. The third-order valence-electron chi connectivity index (χ3n) is 2.44. The molecule has 0 amide bonds. The van der Waals surface area contributed by atoms with Crippen LogP contribution in [0.25, 0.3) is 0 Å². The number of hydrogen-bond acceptors (Lipinski definition) is 1. The lowest BCUT2D eigenvalue weighted by Gasteiger charge is -2.04. The van der Waals surface area contributed by atoms with Crippen molar-refractivity contribution in [2.45, 2.75) is 19.8 Å². The van der Waals surface area contributed by atoms with Crippen molar-refractivity contribution in [3.63, 3.8) is 0 Å². The van der Waals surface area contributed by atoms with E-state index in [1.807, 2.05) is 12.1 Å². The van der Waals surface area contributed by atoms with Gasteiger partial charge < -0.3 is 4.42 Å². The first-order chi connectivity index (χ1) is 6.90. The van der Waals surface area contributed by atoms with Crippen LogP contribution in [0.2, 0.25) is 0 Å². The van der Waals surface area contributed by atoms with E-state index < -0.39 is 0 Å². The third-order valence-corrected chi connectivity index (χ3v) is 2.44. The van der Waals surface area contributed by atoms with Gasteiger partial charge in [0.1, 0.15) is 5.76 Å². The highest BCUT2D eigenvalue weighted by Gasteiger charge is 2.02. The molecule has 0 N–H and O–H groups in total. The summed E-state index contributed by atoms with van der Waals surface area (Å²) in [6, 6.07) is 12.5. The summed E-state index contributed by atoms with van der Waals surface area (Å²) >= 11 is 0. The minimum absolute atomic E-state index is 0.900. The Balaban J connectivity index is 2.24. The second-order valence-electron chi connectivity index (χ2n) is 3.38. The molecule has 0 aliphatic heterocycles. The molecule has 0 aliphatic rings. The van der Waals surface area contributed by atoms with Crippen LogP contribution in [0.4, 0.5) is 0 Å². The molecule has 0 aliphatic carbocycles. The van der Waals surface area contributed by atoms with Crippen LogP contribution in [0, 0.1) is 0 Å². The molecule has 1 nitrogen and oxygen atoms in total. The molecular weight excluding hydrogens is 172 g/mol. The standard InChI is InChI=1S/C13H14O/c1-2-11-6-3-4-7-12(11)10-13-8-5-9-14-13/h3-9H,2,10H2,1H3. The largest absolute Gasteiger partial charge is 0.469 e. The second-order valence-corrected chi connectivity index (χ2v) is 3.38. The third kappa shape index (κ3) is 1.87. The molecule has 0 saturated carbocycles. The van der Waals surface area contributed by atoms with Gasteiger partial charge in [-0.2, -0.15) is 0 Å². The first kappa shape index (κ1) is 9.07. The fourth-order valence-corrected chi connectivity index (χ4v) is 1.68. The number of aryl methyl sites for hydroxylation is 1. The van der Waals surface area contributed by atoms with Gasteiger partial charge >= 0.3 is 0 Å². The van der Waals surface area contributed by atoms with E-state index in [0.717, 1.165) is 18.6 Å². The molecular formula is C13H14O. The Morgan fingerprint density at radius 3 is 2.43 bits per heavy atom. The van der Waals surface area contributed by atoms with E-state index >= 15 is 0 Å². The molecule has 2 rings (SSSR count). The van der Waals surface area contributed by atoms with Crippen LogP contribution in [0.1, 0.15) is 23.8 Å². The van der Waals surface area contributed by atoms with E-state index in [1.54, 1.807) is 6.26 Å². The highest BCUT2D eigenvalue weighted by molar-refractivity contribution is 5.30. The van der Waals surface area contributed by atoms with Crippen LogP contribution in [0.15, 0.2) is 47.1 Å². The second kappa shape index (κ2) is 4.14. The number of rotatable bonds is 3. The zero-order valence-corrected chi connectivity index (χ0v) is 8.36. The monoisotopic (exact) mass is 186 g/mol. The molecule has 14 heavy (non-hydrogen) atoms. The maximum Gasteiger partial charge on any atom is 0.108 e. The highest BCUT2D eigenvalue weighted by atomic mass is 16.3. The Kier molecular flexibility index (Phi) is 2.68. The molecule has 1 heteroatoms. The fourth-order valence-electron chi connectivity index (χ4n) is 1.68. The van der Waals surface area contributed by atoms with Crippen LogP contribution < -0.4 is 0 Å². The molecule has 2 aromatic rings. The molecule has 0 fully saturated rings. The van der Waals surface area contributed by atoms with Crippen LogP contribution in [-0.2, 0) is 12.8 Å². The van der Waals surface area contributed by atoms with Crippen molar-refractivity contribution in [3.8, 4) is 0 Å². The molecule has 0 unspecified atom stereocenters. The lowest BCUT2D eigenvalue weighted by molar-refractivity contribution is 0.520. The van der Waals surface area contributed by atoms with Gasteiger partial charge in [0.05, 0.1) is 6.26 Å². The van der Waals surface area contributed by atoms with Gasteiger partial charge in [0, 0.05) is 6.42 Å². The van der Waals surface area contributed by atoms with Crippen LogP contribution in [0.3, 0.4) is 0 Å². The fraction of sp³-hybridized carbons (Fsp3) is 0.231. The van der Waals surface area contributed by atoms with Gasteiger partial charge in [0.25, 0.3) is 0 Å². The topological polar surface area (TPSA) is 13.1 Å². The Morgan fingerprint density at radius 1 is 1.00 bits per heavy atom. The van der Waals surface area contributed by atoms with Gasteiger partial charge in [0.15, 0.2) is 0 Å².